The fourth-order valence-electron chi connectivity index (χ4n) is 3.42. The van der Waals surface area contributed by atoms with Crippen molar-refractivity contribution in [3.8, 4) is 5.75 Å². The molecule has 0 saturated carbocycles. The summed E-state index contributed by atoms with van der Waals surface area (Å²) in [6.07, 6.45) is 2.43. The summed E-state index contributed by atoms with van der Waals surface area (Å²) in [6.45, 7) is 1.07. The number of nitrogens with one attached hydrogen (secondary N) is 2. The van der Waals surface area contributed by atoms with E-state index in [-0.39, 0.29) is 11.6 Å². The number of carbonyl (C=O) groups excluding carboxylic acids is 1. The van der Waals surface area contributed by atoms with E-state index in [0.717, 1.165) is 30.6 Å². The highest BCUT2D eigenvalue weighted by Crippen LogP contribution is 2.31. The van der Waals surface area contributed by atoms with Crippen LogP contribution in [0.3, 0.4) is 0 Å². The monoisotopic (exact) mass is 354 g/mol. The van der Waals surface area contributed by atoms with Gasteiger partial charge in [0, 0.05) is 33.0 Å². The molecular weight excluding hydrogens is 328 g/mol. The van der Waals surface area contributed by atoms with Gasteiger partial charge in [-0.15, -0.1) is 0 Å². The number of carbonyl (C=O) groups is 1. The van der Waals surface area contributed by atoms with Crippen molar-refractivity contribution in [1.29, 1.82) is 0 Å². The molecule has 0 aliphatic heterocycles. The van der Waals surface area contributed by atoms with Crippen LogP contribution in [-0.2, 0) is 24.0 Å². The van der Waals surface area contributed by atoms with Gasteiger partial charge in [0.15, 0.2) is 0 Å². The smallest absolute Gasteiger partial charge is 0.314 e. The number of rotatable bonds is 7. The third kappa shape index (κ3) is 4.35. The van der Waals surface area contributed by atoms with Crippen molar-refractivity contribution in [1.82, 2.24) is 10.6 Å². The molecule has 0 bridgehead atoms. The van der Waals surface area contributed by atoms with E-state index in [2.05, 4.69) is 22.8 Å². The van der Waals surface area contributed by atoms with Crippen molar-refractivity contribution in [2.45, 2.75) is 24.9 Å². The quantitative estimate of drug-likeness (QED) is 0.804. The molecule has 3 rings (SSSR count). The van der Waals surface area contributed by atoms with Crippen LogP contribution in [0.2, 0.25) is 0 Å². The number of hydrogen-bond acceptors (Lipinski definition) is 3. The van der Waals surface area contributed by atoms with Gasteiger partial charge in [-0.1, -0.05) is 36.4 Å². The first kappa shape index (κ1) is 18.3. The second-order valence-electron chi connectivity index (χ2n) is 6.72. The van der Waals surface area contributed by atoms with Crippen LogP contribution < -0.4 is 15.4 Å². The Hall–Kier alpha value is -2.53. The zero-order valence-electron chi connectivity index (χ0n) is 15.4. The fourth-order valence-corrected chi connectivity index (χ4v) is 3.42. The lowest BCUT2D eigenvalue weighted by molar-refractivity contribution is 0.00178. The summed E-state index contributed by atoms with van der Waals surface area (Å²) in [5.74, 6) is 0.835. The van der Waals surface area contributed by atoms with Crippen molar-refractivity contribution in [2.24, 2.45) is 0 Å². The van der Waals surface area contributed by atoms with Crippen LogP contribution in [0.1, 0.15) is 16.7 Å². The van der Waals surface area contributed by atoms with Crippen molar-refractivity contribution >= 4 is 6.03 Å². The molecule has 2 amide bonds. The fraction of sp³-hybridized carbons (Fsp3) is 0.381. The summed E-state index contributed by atoms with van der Waals surface area (Å²) in [6, 6.07) is 16.1. The van der Waals surface area contributed by atoms with Crippen LogP contribution in [0.5, 0.6) is 5.75 Å². The van der Waals surface area contributed by atoms with E-state index in [9.17, 15) is 4.79 Å². The second-order valence-corrected chi connectivity index (χ2v) is 6.72. The zero-order valence-corrected chi connectivity index (χ0v) is 15.4. The number of benzene rings is 2. The summed E-state index contributed by atoms with van der Waals surface area (Å²) in [5, 5.41) is 5.87. The molecular formula is C21H26N2O3. The Morgan fingerprint density at radius 1 is 1.00 bits per heavy atom. The summed E-state index contributed by atoms with van der Waals surface area (Å²) in [4.78, 5) is 12.1. The summed E-state index contributed by atoms with van der Waals surface area (Å²) >= 11 is 0. The number of methoxy groups -OCH3 is 2. The molecule has 0 unspecified atom stereocenters. The largest absolute Gasteiger partial charge is 0.497 e. The predicted octanol–water partition coefficient (Wildman–Crippen LogP) is 2.72. The number of fused-ring (bicyclic) bond motifs is 1. The summed E-state index contributed by atoms with van der Waals surface area (Å²) in [7, 11) is 3.37. The second kappa shape index (κ2) is 8.23. The normalized spacial score (nSPS) is 14.5. The molecule has 5 nitrogen and oxygen atoms in total. The van der Waals surface area contributed by atoms with E-state index in [1.807, 2.05) is 36.4 Å². The molecule has 0 spiro atoms. The van der Waals surface area contributed by atoms with E-state index in [1.54, 1.807) is 14.2 Å². The average Bonchev–Trinajstić information content (AvgIpc) is 3.06. The third-order valence-electron chi connectivity index (χ3n) is 5.01. The van der Waals surface area contributed by atoms with Gasteiger partial charge >= 0.3 is 6.03 Å². The highest BCUT2D eigenvalue weighted by Gasteiger charge is 2.37. The summed E-state index contributed by atoms with van der Waals surface area (Å²) in [5.41, 5.74) is 3.41. The van der Waals surface area contributed by atoms with Gasteiger partial charge in [-0.2, -0.15) is 0 Å². The van der Waals surface area contributed by atoms with Gasteiger partial charge in [-0.3, -0.25) is 0 Å². The summed E-state index contributed by atoms with van der Waals surface area (Å²) < 4.78 is 10.9. The Labute approximate surface area is 154 Å². The molecule has 0 heterocycles. The molecule has 1 aliphatic rings. The number of ether oxygens (including phenoxy) is 2. The zero-order chi connectivity index (χ0) is 18.4. The first-order valence-corrected chi connectivity index (χ1v) is 8.91. The van der Waals surface area contributed by atoms with Crippen LogP contribution in [0.15, 0.2) is 48.5 Å². The standard InChI is InChI=1S/C21H26N2O3/c1-25-19-9-7-16(8-10-19)11-12-22-20(24)23-15-21(26-2)13-17-5-3-4-6-18(17)14-21/h3-10H,11-15H2,1-2H3,(H2,22,23,24). The Morgan fingerprint density at radius 3 is 2.23 bits per heavy atom. The van der Waals surface area contributed by atoms with Crippen molar-refractivity contribution in [3.63, 3.8) is 0 Å². The molecule has 1 aliphatic carbocycles. The van der Waals surface area contributed by atoms with Crippen LogP contribution in [0.4, 0.5) is 4.79 Å². The van der Waals surface area contributed by atoms with Crippen molar-refractivity contribution < 1.29 is 14.3 Å². The minimum atomic E-state index is -0.350. The molecule has 138 valence electrons. The predicted molar refractivity (Wildman–Crippen MR) is 102 cm³/mol. The lowest BCUT2D eigenvalue weighted by Gasteiger charge is -2.27. The topological polar surface area (TPSA) is 59.6 Å². The maximum atomic E-state index is 12.1. The Kier molecular flexibility index (Phi) is 5.78. The Balaban J connectivity index is 1.43. The molecule has 0 atom stereocenters. The van der Waals surface area contributed by atoms with Gasteiger partial charge in [0.2, 0.25) is 0 Å². The maximum absolute atomic E-state index is 12.1. The number of hydrogen-bond donors (Lipinski definition) is 2. The highest BCUT2D eigenvalue weighted by molar-refractivity contribution is 5.74. The van der Waals surface area contributed by atoms with E-state index in [1.165, 1.54) is 11.1 Å². The number of amides is 2. The molecule has 2 aromatic rings. The van der Waals surface area contributed by atoms with Crippen LogP contribution in [-0.4, -0.2) is 38.9 Å². The van der Waals surface area contributed by atoms with Gasteiger partial charge < -0.3 is 20.1 Å². The minimum Gasteiger partial charge on any atom is -0.497 e. The van der Waals surface area contributed by atoms with E-state index in [0.29, 0.717) is 13.1 Å². The molecule has 2 aromatic carbocycles. The molecule has 26 heavy (non-hydrogen) atoms. The average molecular weight is 354 g/mol. The maximum Gasteiger partial charge on any atom is 0.314 e. The van der Waals surface area contributed by atoms with E-state index < -0.39 is 0 Å². The van der Waals surface area contributed by atoms with E-state index >= 15 is 0 Å². The van der Waals surface area contributed by atoms with E-state index in [4.69, 9.17) is 9.47 Å². The Morgan fingerprint density at radius 2 is 1.65 bits per heavy atom. The van der Waals surface area contributed by atoms with Crippen molar-refractivity contribution in [3.05, 3.63) is 65.2 Å². The molecule has 2 N–H and O–H groups in total. The molecule has 5 heteroatoms. The molecule has 0 radical (unpaired) electrons. The molecule has 0 saturated heterocycles. The Bertz CT molecular complexity index is 718. The lowest BCUT2D eigenvalue weighted by atomic mass is 10.0. The minimum absolute atomic E-state index is 0.161. The van der Waals surface area contributed by atoms with Gasteiger partial charge in [0.1, 0.15) is 5.75 Å². The van der Waals surface area contributed by atoms with Gasteiger partial charge in [-0.05, 0) is 35.2 Å². The van der Waals surface area contributed by atoms with Crippen molar-refractivity contribution in [2.75, 3.05) is 27.3 Å². The molecule has 0 fully saturated rings. The first-order chi connectivity index (χ1) is 12.6. The SMILES string of the molecule is COc1ccc(CCNC(=O)NCC2(OC)Cc3ccccc3C2)cc1. The van der Waals surface area contributed by atoms with Crippen LogP contribution in [0, 0.1) is 0 Å². The van der Waals surface area contributed by atoms with Gasteiger partial charge in [0.25, 0.3) is 0 Å². The highest BCUT2D eigenvalue weighted by atomic mass is 16.5. The van der Waals surface area contributed by atoms with Gasteiger partial charge in [-0.25, -0.2) is 4.79 Å². The first-order valence-electron chi connectivity index (χ1n) is 8.91. The third-order valence-corrected chi connectivity index (χ3v) is 5.01. The lowest BCUT2D eigenvalue weighted by Crippen LogP contribution is -2.48. The van der Waals surface area contributed by atoms with Gasteiger partial charge in [0.05, 0.1) is 12.7 Å². The number of urea groups is 1. The molecule has 0 aromatic heterocycles. The van der Waals surface area contributed by atoms with Crippen LogP contribution >= 0.6 is 0 Å². The van der Waals surface area contributed by atoms with Crippen LogP contribution in [0.25, 0.3) is 0 Å².